The number of amides is 1. The van der Waals surface area contributed by atoms with Gasteiger partial charge in [-0.3, -0.25) is 9.36 Å². The number of nitrogens with one attached hydrogen (secondary N) is 1. The van der Waals surface area contributed by atoms with Crippen LogP contribution in [0.5, 0.6) is 0 Å². The molecule has 3 unspecified atom stereocenters. The molecule has 0 rings (SSSR count). The first-order valence-electron chi connectivity index (χ1n) is 38.9. The fraction of sp³-hybridized carbons (Fsp3) is 0.747. The van der Waals surface area contributed by atoms with E-state index in [2.05, 4.69) is 129 Å². The summed E-state index contributed by atoms with van der Waals surface area (Å²) in [5.74, 6) is -0.210. The number of phosphoric ester groups is 1. The Morgan fingerprint density at radius 1 is 0.391 bits per heavy atom. The first kappa shape index (κ1) is 88.9. The molecule has 0 fully saturated rings. The molecule has 0 aromatic heterocycles. The van der Waals surface area contributed by atoms with Crippen LogP contribution in [-0.2, 0) is 18.4 Å². The van der Waals surface area contributed by atoms with E-state index in [1.165, 1.54) is 238 Å². The lowest BCUT2D eigenvalue weighted by molar-refractivity contribution is -0.870. The number of nitrogens with zero attached hydrogens (tertiary/aromatic N) is 1. The van der Waals surface area contributed by atoms with E-state index in [4.69, 9.17) is 9.05 Å². The second-order valence-electron chi connectivity index (χ2n) is 27.3. The fourth-order valence-electron chi connectivity index (χ4n) is 11.2. The Balaban J connectivity index is 4.07. The molecule has 0 aromatic carbocycles. The molecule has 0 aliphatic heterocycles. The second-order valence-corrected chi connectivity index (χ2v) is 28.7. The number of quaternary nitrogens is 1. The van der Waals surface area contributed by atoms with E-state index in [1.807, 2.05) is 27.2 Å². The summed E-state index contributed by atoms with van der Waals surface area (Å²) in [6, 6.07) is -0.918. The van der Waals surface area contributed by atoms with Crippen molar-refractivity contribution in [1.82, 2.24) is 5.32 Å². The number of carbonyl (C=O) groups is 1. The van der Waals surface area contributed by atoms with Crippen LogP contribution in [0.4, 0.5) is 0 Å². The highest BCUT2D eigenvalue weighted by molar-refractivity contribution is 7.45. The van der Waals surface area contributed by atoms with Gasteiger partial charge in [0.2, 0.25) is 5.91 Å². The summed E-state index contributed by atoms with van der Waals surface area (Å²) < 4.78 is 23.5. The predicted molar refractivity (Wildman–Crippen MR) is 403 cm³/mol. The van der Waals surface area contributed by atoms with Crippen LogP contribution in [0.25, 0.3) is 0 Å². The number of allylic oxidation sites excluding steroid dienone is 19. The van der Waals surface area contributed by atoms with Gasteiger partial charge in [-0.25, -0.2) is 0 Å². The molecular weight excluding hydrogens is 1150 g/mol. The van der Waals surface area contributed by atoms with Crippen LogP contribution in [0.2, 0.25) is 0 Å². The second kappa shape index (κ2) is 72.2. The lowest BCUT2D eigenvalue weighted by atomic mass is 10.0. The van der Waals surface area contributed by atoms with Crippen LogP contribution in [0.1, 0.15) is 348 Å². The van der Waals surface area contributed by atoms with Gasteiger partial charge in [0.1, 0.15) is 13.2 Å². The van der Waals surface area contributed by atoms with Crippen molar-refractivity contribution in [3.63, 3.8) is 0 Å². The third kappa shape index (κ3) is 74.3. The monoisotopic (exact) mass is 1300 g/mol. The highest BCUT2D eigenvalue weighted by atomic mass is 31.2. The Morgan fingerprint density at radius 2 is 0.674 bits per heavy atom. The molecule has 1 amide bonds. The number of carbonyl (C=O) groups excluding carboxylic acids is 1. The number of aliphatic hydroxyl groups excluding tert-OH is 1. The maximum atomic E-state index is 13.1. The van der Waals surface area contributed by atoms with Crippen molar-refractivity contribution in [2.24, 2.45) is 0 Å². The largest absolute Gasteiger partial charge is 0.756 e. The van der Waals surface area contributed by atoms with Crippen molar-refractivity contribution in [3.05, 3.63) is 122 Å². The van der Waals surface area contributed by atoms with Crippen molar-refractivity contribution in [1.29, 1.82) is 0 Å². The van der Waals surface area contributed by atoms with E-state index in [9.17, 15) is 19.4 Å². The molecule has 0 spiro atoms. The number of hydrogen-bond acceptors (Lipinski definition) is 6. The highest BCUT2D eigenvalue weighted by Gasteiger charge is 2.23. The van der Waals surface area contributed by atoms with Crippen molar-refractivity contribution in [2.75, 3.05) is 40.9 Å². The van der Waals surface area contributed by atoms with Gasteiger partial charge in [-0.1, -0.05) is 360 Å². The van der Waals surface area contributed by atoms with Gasteiger partial charge >= 0.3 is 0 Å². The molecule has 0 bridgehead atoms. The smallest absolute Gasteiger partial charge is 0.268 e. The standard InChI is InChI=1S/C83H149N2O6P/c1-6-8-10-12-14-16-18-20-22-24-26-28-30-32-34-36-38-39-40-41-42-43-44-45-47-49-51-53-55-57-59-61-63-65-67-69-71-73-75-77-83(87)84-81(80-91-92(88,89)90-79-78-85(3,4)5)82(86)76-74-72-70-68-66-64-62-60-58-56-54-52-50-48-46-37-35-33-31-29-27-25-23-21-19-17-15-13-11-9-7-2/h8,10,14,16,20,22,26,28,32,34,38-39,41-42,58,60,66,68,74,76,81-82,86H,6-7,9,11-13,15,17-19,21,23-25,27,29-31,33,35-37,40,43-57,59,61-65,67,69-73,75,77-80H2,1-5H3,(H-,84,87,88,89)/b10-8-,16-14-,22-20-,28-26-,34-32-,39-38-,42-41-,60-58+,68-66+,76-74+. The van der Waals surface area contributed by atoms with Crippen molar-refractivity contribution in [3.8, 4) is 0 Å². The van der Waals surface area contributed by atoms with Gasteiger partial charge in [0.15, 0.2) is 0 Å². The molecule has 92 heavy (non-hydrogen) atoms. The zero-order chi connectivity index (χ0) is 66.9. The molecule has 8 nitrogen and oxygen atoms in total. The van der Waals surface area contributed by atoms with E-state index >= 15 is 0 Å². The Morgan fingerprint density at radius 3 is 1.01 bits per heavy atom. The topological polar surface area (TPSA) is 108 Å². The first-order chi connectivity index (χ1) is 45.0. The lowest BCUT2D eigenvalue weighted by Gasteiger charge is -2.29. The predicted octanol–water partition coefficient (Wildman–Crippen LogP) is 24.9. The van der Waals surface area contributed by atoms with E-state index in [-0.39, 0.29) is 12.5 Å². The minimum Gasteiger partial charge on any atom is -0.756 e. The number of aliphatic hydroxyl groups is 1. The molecule has 0 aliphatic rings. The van der Waals surface area contributed by atoms with Gasteiger partial charge < -0.3 is 28.8 Å². The van der Waals surface area contributed by atoms with Gasteiger partial charge in [-0.05, 0) is 103 Å². The lowest BCUT2D eigenvalue weighted by Crippen LogP contribution is -2.45. The normalized spacial score (nSPS) is 14.2. The Kier molecular flexibility index (Phi) is 69.7. The molecule has 2 N–H and O–H groups in total. The summed E-state index contributed by atoms with van der Waals surface area (Å²) in [6.45, 7) is 4.54. The number of unbranched alkanes of at least 4 members (excludes halogenated alkanes) is 40. The van der Waals surface area contributed by atoms with E-state index in [0.717, 1.165) is 89.9 Å². The van der Waals surface area contributed by atoms with Crippen LogP contribution >= 0.6 is 7.82 Å². The zero-order valence-corrected chi connectivity index (χ0v) is 61.9. The van der Waals surface area contributed by atoms with E-state index in [1.54, 1.807) is 6.08 Å². The Hall–Kier alpha value is -3.10. The summed E-state index contributed by atoms with van der Waals surface area (Å²) in [7, 11) is 1.24. The number of likely N-dealkylation sites (N-methyl/N-ethyl adjacent to an activating group) is 1. The van der Waals surface area contributed by atoms with E-state index < -0.39 is 26.6 Å². The van der Waals surface area contributed by atoms with E-state index in [0.29, 0.717) is 17.4 Å². The average Bonchev–Trinajstić information content (AvgIpc) is 2.63. The van der Waals surface area contributed by atoms with Crippen LogP contribution in [-0.4, -0.2) is 68.5 Å². The van der Waals surface area contributed by atoms with Crippen LogP contribution < -0.4 is 10.2 Å². The van der Waals surface area contributed by atoms with Gasteiger partial charge in [-0.2, -0.15) is 0 Å². The minimum absolute atomic E-state index is 0.0123. The fourth-order valence-corrected chi connectivity index (χ4v) is 11.9. The molecule has 3 atom stereocenters. The van der Waals surface area contributed by atoms with Crippen molar-refractivity contribution in [2.45, 2.75) is 360 Å². The number of phosphoric acid groups is 1. The molecule has 0 saturated heterocycles. The third-order valence-corrected chi connectivity index (χ3v) is 18.1. The van der Waals surface area contributed by atoms with Crippen LogP contribution in [0.3, 0.4) is 0 Å². The van der Waals surface area contributed by atoms with Gasteiger partial charge in [-0.15, -0.1) is 0 Å². The zero-order valence-electron chi connectivity index (χ0n) is 61.0. The Bertz CT molecular complexity index is 1920. The summed E-state index contributed by atoms with van der Waals surface area (Å²) in [5, 5.41) is 14.0. The van der Waals surface area contributed by atoms with Crippen LogP contribution in [0.15, 0.2) is 122 Å². The first-order valence-corrected chi connectivity index (χ1v) is 40.4. The molecular formula is C83H149N2O6P. The number of rotatable bonds is 71. The molecule has 532 valence electrons. The molecule has 0 saturated carbocycles. The molecule has 9 heteroatoms. The average molecular weight is 1300 g/mol. The Labute approximate surface area is 571 Å². The van der Waals surface area contributed by atoms with Gasteiger partial charge in [0.05, 0.1) is 39.9 Å². The highest BCUT2D eigenvalue weighted by Crippen LogP contribution is 2.38. The number of hydrogen-bond donors (Lipinski definition) is 2. The summed E-state index contributed by atoms with van der Waals surface area (Å²) >= 11 is 0. The maximum absolute atomic E-state index is 13.1. The van der Waals surface area contributed by atoms with Gasteiger partial charge in [0.25, 0.3) is 7.82 Å². The molecule has 0 aliphatic carbocycles. The summed E-state index contributed by atoms with van der Waals surface area (Å²) in [5.41, 5.74) is 0. The third-order valence-electron chi connectivity index (χ3n) is 17.1. The van der Waals surface area contributed by atoms with Crippen LogP contribution in [0, 0.1) is 0 Å². The van der Waals surface area contributed by atoms with Crippen molar-refractivity contribution < 1.29 is 32.9 Å². The maximum Gasteiger partial charge on any atom is 0.268 e. The molecule has 0 radical (unpaired) electrons. The van der Waals surface area contributed by atoms with Crippen molar-refractivity contribution >= 4 is 13.7 Å². The van der Waals surface area contributed by atoms with Gasteiger partial charge in [0, 0.05) is 6.42 Å². The SMILES string of the molecule is CC/C=C\C/C=C\C/C=C\C/C=C\C/C=C\C/C=C\C/C=C\CCCCCCCCCCCCCCCCCCCC(=O)NC(COP(=O)([O-])OCC[N+](C)(C)C)C(O)/C=C/CC/C=C/CC/C=C/CCCCCCCCCCCCCCCCCCCCCCC. The molecule has 0 aromatic rings. The minimum atomic E-state index is -4.62. The molecule has 0 heterocycles. The quantitative estimate of drug-likeness (QED) is 0.0272. The summed E-state index contributed by atoms with van der Waals surface area (Å²) in [4.78, 5) is 25.7. The summed E-state index contributed by atoms with van der Waals surface area (Å²) in [6.07, 6.45) is 108.